The van der Waals surface area contributed by atoms with Crippen LogP contribution in [0.4, 0.5) is 0 Å². The van der Waals surface area contributed by atoms with Crippen LogP contribution in [-0.2, 0) is 11.3 Å². The van der Waals surface area contributed by atoms with Crippen LogP contribution >= 0.6 is 0 Å². The smallest absolute Gasteiger partial charge is 0.310 e. The lowest BCUT2D eigenvalue weighted by atomic mass is 9.82. The molecule has 1 aromatic rings. The normalized spacial score (nSPS) is 11.8. The van der Waals surface area contributed by atoms with Crippen molar-refractivity contribution in [2.75, 3.05) is 13.6 Å². The van der Waals surface area contributed by atoms with E-state index in [0.29, 0.717) is 19.4 Å². The largest absolute Gasteiger partial charge is 0.481 e. The molecule has 0 aliphatic rings. The van der Waals surface area contributed by atoms with Gasteiger partial charge in [-0.25, -0.2) is 0 Å². The molecule has 0 radical (unpaired) electrons. The molecule has 0 saturated carbocycles. The first-order chi connectivity index (χ1) is 8.93. The number of aryl methyl sites for hydroxylation is 1. The summed E-state index contributed by atoms with van der Waals surface area (Å²) in [4.78, 5) is 13.6. The average molecular weight is 263 g/mol. The molecule has 0 aromatic heterocycles. The van der Waals surface area contributed by atoms with Gasteiger partial charge in [0.1, 0.15) is 0 Å². The van der Waals surface area contributed by atoms with Crippen LogP contribution in [0.15, 0.2) is 24.3 Å². The van der Waals surface area contributed by atoms with Gasteiger partial charge in [0, 0.05) is 13.1 Å². The molecule has 0 spiro atoms. The van der Waals surface area contributed by atoms with Gasteiger partial charge in [-0.2, -0.15) is 0 Å². The molecule has 19 heavy (non-hydrogen) atoms. The second kappa shape index (κ2) is 6.71. The second-order valence-corrected chi connectivity index (χ2v) is 5.45. The van der Waals surface area contributed by atoms with Crippen molar-refractivity contribution in [1.29, 1.82) is 0 Å². The topological polar surface area (TPSA) is 40.5 Å². The molecular formula is C16H25NO2. The Hall–Kier alpha value is -1.35. The van der Waals surface area contributed by atoms with Crippen molar-refractivity contribution in [2.45, 2.75) is 40.2 Å². The fourth-order valence-corrected chi connectivity index (χ4v) is 2.54. The van der Waals surface area contributed by atoms with Crippen molar-refractivity contribution in [3.8, 4) is 0 Å². The zero-order valence-electron chi connectivity index (χ0n) is 12.4. The summed E-state index contributed by atoms with van der Waals surface area (Å²) in [7, 11) is 1.99. The van der Waals surface area contributed by atoms with Crippen molar-refractivity contribution in [2.24, 2.45) is 5.41 Å². The van der Waals surface area contributed by atoms with Gasteiger partial charge in [0.05, 0.1) is 5.41 Å². The number of carboxylic acids is 1. The van der Waals surface area contributed by atoms with Crippen molar-refractivity contribution in [3.63, 3.8) is 0 Å². The maximum Gasteiger partial charge on any atom is 0.310 e. The van der Waals surface area contributed by atoms with Gasteiger partial charge < -0.3 is 10.0 Å². The van der Waals surface area contributed by atoms with E-state index in [2.05, 4.69) is 30.0 Å². The molecule has 0 saturated heterocycles. The van der Waals surface area contributed by atoms with Crippen LogP contribution in [0.3, 0.4) is 0 Å². The van der Waals surface area contributed by atoms with E-state index in [1.54, 1.807) is 0 Å². The number of aliphatic carboxylic acids is 1. The van der Waals surface area contributed by atoms with Crippen LogP contribution in [-0.4, -0.2) is 29.6 Å². The molecule has 106 valence electrons. The SMILES string of the molecule is CCC(CC)(CN(C)Cc1cccc(C)c1)C(=O)O. The second-order valence-electron chi connectivity index (χ2n) is 5.45. The summed E-state index contributed by atoms with van der Waals surface area (Å²) in [6.45, 7) is 7.36. The summed E-state index contributed by atoms with van der Waals surface area (Å²) in [6.07, 6.45) is 1.33. The van der Waals surface area contributed by atoms with E-state index in [-0.39, 0.29) is 0 Å². The minimum Gasteiger partial charge on any atom is -0.481 e. The van der Waals surface area contributed by atoms with Gasteiger partial charge >= 0.3 is 5.97 Å². The Labute approximate surface area is 116 Å². The van der Waals surface area contributed by atoms with Gasteiger partial charge in [0.15, 0.2) is 0 Å². The van der Waals surface area contributed by atoms with Crippen molar-refractivity contribution in [3.05, 3.63) is 35.4 Å². The fraction of sp³-hybridized carbons (Fsp3) is 0.562. The number of carbonyl (C=O) groups is 1. The van der Waals surface area contributed by atoms with Gasteiger partial charge in [-0.05, 0) is 32.4 Å². The minimum atomic E-state index is -0.686. The highest BCUT2D eigenvalue weighted by Crippen LogP contribution is 2.28. The molecule has 0 aliphatic carbocycles. The molecule has 1 rings (SSSR count). The number of hydrogen-bond acceptors (Lipinski definition) is 2. The third kappa shape index (κ3) is 4.06. The van der Waals surface area contributed by atoms with Crippen LogP contribution in [0.2, 0.25) is 0 Å². The lowest BCUT2D eigenvalue weighted by molar-refractivity contribution is -0.150. The summed E-state index contributed by atoms with van der Waals surface area (Å²) in [5, 5.41) is 9.46. The number of benzene rings is 1. The lowest BCUT2D eigenvalue weighted by Gasteiger charge is -2.31. The van der Waals surface area contributed by atoms with Crippen LogP contribution in [0, 0.1) is 12.3 Å². The van der Waals surface area contributed by atoms with Crippen molar-refractivity contribution < 1.29 is 9.90 Å². The molecule has 0 fully saturated rings. The number of rotatable bonds is 7. The summed E-state index contributed by atoms with van der Waals surface area (Å²) in [5.74, 6) is -0.686. The molecule has 1 aromatic carbocycles. The maximum atomic E-state index is 11.5. The zero-order chi connectivity index (χ0) is 14.5. The Morgan fingerprint density at radius 2 is 1.95 bits per heavy atom. The predicted molar refractivity (Wildman–Crippen MR) is 78.2 cm³/mol. The standard InChI is InChI=1S/C16H25NO2/c1-5-16(6-2,15(18)19)12-17(4)11-14-9-7-8-13(3)10-14/h7-10H,5-6,11-12H2,1-4H3,(H,18,19). The summed E-state index contributed by atoms with van der Waals surface area (Å²) >= 11 is 0. The number of nitrogens with zero attached hydrogens (tertiary/aromatic N) is 1. The zero-order valence-corrected chi connectivity index (χ0v) is 12.4. The quantitative estimate of drug-likeness (QED) is 0.820. The monoisotopic (exact) mass is 263 g/mol. The number of hydrogen-bond donors (Lipinski definition) is 1. The predicted octanol–water partition coefficient (Wildman–Crippen LogP) is 3.32. The molecule has 3 heteroatoms. The highest BCUT2D eigenvalue weighted by molar-refractivity contribution is 5.74. The maximum absolute atomic E-state index is 11.5. The van der Waals surface area contributed by atoms with Crippen LogP contribution in [0.5, 0.6) is 0 Å². The average Bonchev–Trinajstić information content (AvgIpc) is 2.35. The highest BCUT2D eigenvalue weighted by Gasteiger charge is 2.35. The molecule has 0 atom stereocenters. The first-order valence-corrected chi connectivity index (χ1v) is 6.91. The Morgan fingerprint density at radius 1 is 1.32 bits per heavy atom. The molecule has 0 aliphatic heterocycles. The summed E-state index contributed by atoms with van der Waals surface area (Å²) in [6, 6.07) is 8.35. The molecule has 0 unspecified atom stereocenters. The van der Waals surface area contributed by atoms with E-state index in [1.165, 1.54) is 11.1 Å². The summed E-state index contributed by atoms with van der Waals surface area (Å²) < 4.78 is 0. The first kappa shape index (κ1) is 15.7. The Morgan fingerprint density at radius 3 is 2.42 bits per heavy atom. The van der Waals surface area contributed by atoms with Gasteiger partial charge in [0.25, 0.3) is 0 Å². The third-order valence-electron chi connectivity index (χ3n) is 3.91. The van der Waals surface area contributed by atoms with Gasteiger partial charge in [-0.1, -0.05) is 43.7 Å². The molecule has 0 heterocycles. The molecule has 0 amide bonds. The summed E-state index contributed by atoms with van der Waals surface area (Å²) in [5.41, 5.74) is 1.84. The van der Waals surface area contributed by atoms with E-state index in [9.17, 15) is 9.90 Å². The van der Waals surface area contributed by atoms with E-state index in [0.717, 1.165) is 6.54 Å². The Kier molecular flexibility index (Phi) is 5.55. The minimum absolute atomic E-state index is 0.587. The first-order valence-electron chi connectivity index (χ1n) is 6.91. The lowest BCUT2D eigenvalue weighted by Crippen LogP contribution is -2.40. The Balaban J connectivity index is 2.73. The number of carboxylic acid groups (broad SMARTS) is 1. The van der Waals surface area contributed by atoms with E-state index >= 15 is 0 Å². The van der Waals surface area contributed by atoms with Gasteiger partial charge in [0.2, 0.25) is 0 Å². The van der Waals surface area contributed by atoms with Crippen LogP contribution in [0.25, 0.3) is 0 Å². The third-order valence-corrected chi connectivity index (χ3v) is 3.91. The highest BCUT2D eigenvalue weighted by atomic mass is 16.4. The van der Waals surface area contributed by atoms with Crippen molar-refractivity contribution in [1.82, 2.24) is 4.90 Å². The molecule has 3 nitrogen and oxygen atoms in total. The van der Waals surface area contributed by atoms with Gasteiger partial charge in [-0.3, -0.25) is 4.79 Å². The van der Waals surface area contributed by atoms with Gasteiger partial charge in [-0.15, -0.1) is 0 Å². The molecule has 1 N–H and O–H groups in total. The Bertz CT molecular complexity index is 425. The fourth-order valence-electron chi connectivity index (χ4n) is 2.54. The van der Waals surface area contributed by atoms with Crippen LogP contribution in [0.1, 0.15) is 37.8 Å². The molecular weight excluding hydrogens is 238 g/mol. The van der Waals surface area contributed by atoms with E-state index < -0.39 is 11.4 Å². The van der Waals surface area contributed by atoms with E-state index in [1.807, 2.05) is 27.0 Å². The van der Waals surface area contributed by atoms with Crippen molar-refractivity contribution >= 4 is 5.97 Å². The van der Waals surface area contributed by atoms with E-state index in [4.69, 9.17) is 0 Å². The van der Waals surface area contributed by atoms with Crippen LogP contribution < -0.4 is 0 Å². The molecule has 0 bridgehead atoms.